The molecule has 2 nitrogen and oxygen atoms in total. The van der Waals surface area contributed by atoms with E-state index in [2.05, 4.69) is 17.4 Å². The average Bonchev–Trinajstić information content (AvgIpc) is 2.70. The molecule has 1 fully saturated rings. The van der Waals surface area contributed by atoms with Gasteiger partial charge in [-0.15, -0.1) is 0 Å². The van der Waals surface area contributed by atoms with Crippen LogP contribution in [0, 0.1) is 12.8 Å². The molecule has 1 aromatic rings. The number of hydrogen-bond donors (Lipinski definition) is 2. The van der Waals surface area contributed by atoms with Gasteiger partial charge in [0, 0.05) is 11.6 Å². The van der Waals surface area contributed by atoms with Gasteiger partial charge in [-0.2, -0.15) is 0 Å². The zero-order valence-electron chi connectivity index (χ0n) is 10.2. The first-order chi connectivity index (χ1) is 8.15. The van der Waals surface area contributed by atoms with Crippen LogP contribution in [0.5, 0.6) is 0 Å². The van der Waals surface area contributed by atoms with E-state index in [1.54, 1.807) is 0 Å². The van der Waals surface area contributed by atoms with Crippen LogP contribution in [0.4, 0.5) is 0 Å². The third-order valence-corrected chi connectivity index (χ3v) is 3.92. The van der Waals surface area contributed by atoms with Gasteiger partial charge in [0.15, 0.2) is 0 Å². The summed E-state index contributed by atoms with van der Waals surface area (Å²) in [5, 5.41) is 13.7. The smallest absolute Gasteiger partial charge is 0.0543 e. The van der Waals surface area contributed by atoms with Crippen LogP contribution in [-0.2, 0) is 6.54 Å². The van der Waals surface area contributed by atoms with E-state index < -0.39 is 0 Å². The largest absolute Gasteiger partial charge is 0.393 e. The summed E-state index contributed by atoms with van der Waals surface area (Å²) in [6, 6.07) is 6.18. The second kappa shape index (κ2) is 5.85. The van der Waals surface area contributed by atoms with Gasteiger partial charge in [-0.25, -0.2) is 0 Å². The van der Waals surface area contributed by atoms with Crippen molar-refractivity contribution in [1.29, 1.82) is 0 Å². The summed E-state index contributed by atoms with van der Waals surface area (Å²) in [5.41, 5.74) is 2.34. The fraction of sp³-hybridized carbons (Fsp3) is 0.571. The molecule has 0 aromatic heterocycles. The van der Waals surface area contributed by atoms with Crippen molar-refractivity contribution in [3.8, 4) is 0 Å². The maximum absolute atomic E-state index is 9.44. The summed E-state index contributed by atoms with van der Waals surface area (Å²) in [6.45, 7) is 3.86. The van der Waals surface area contributed by atoms with Gasteiger partial charge in [0.2, 0.25) is 0 Å². The summed E-state index contributed by atoms with van der Waals surface area (Å²) < 4.78 is 0. The Balaban J connectivity index is 1.76. The maximum Gasteiger partial charge on any atom is 0.0543 e. The molecule has 1 aromatic carbocycles. The minimum absolute atomic E-state index is 0.0735. The number of aliphatic hydroxyl groups is 1. The third-order valence-electron chi connectivity index (χ3n) is 3.51. The van der Waals surface area contributed by atoms with Gasteiger partial charge in [-0.05, 0) is 55.8 Å². The van der Waals surface area contributed by atoms with Crippen molar-refractivity contribution in [3.05, 3.63) is 34.3 Å². The van der Waals surface area contributed by atoms with Gasteiger partial charge < -0.3 is 10.4 Å². The predicted octanol–water partition coefficient (Wildman–Crippen LogP) is 2.90. The number of rotatable bonds is 4. The number of nitrogens with one attached hydrogen (secondary N) is 1. The molecule has 3 heteroatoms. The fourth-order valence-electron chi connectivity index (χ4n) is 2.40. The second-order valence-electron chi connectivity index (χ2n) is 5.05. The molecule has 0 unspecified atom stereocenters. The van der Waals surface area contributed by atoms with Crippen LogP contribution >= 0.6 is 11.6 Å². The van der Waals surface area contributed by atoms with E-state index in [4.69, 9.17) is 11.6 Å². The topological polar surface area (TPSA) is 32.3 Å². The second-order valence-corrected chi connectivity index (χ2v) is 5.45. The number of aliphatic hydroxyl groups excluding tert-OH is 1. The highest BCUT2D eigenvalue weighted by Crippen LogP contribution is 2.24. The first kappa shape index (κ1) is 12.9. The SMILES string of the molecule is Cc1ccc(CNC[C@H]2CC[C@@H](O)C2)cc1Cl. The molecule has 0 spiro atoms. The Hall–Kier alpha value is -0.570. The van der Waals surface area contributed by atoms with Crippen LogP contribution < -0.4 is 5.32 Å². The summed E-state index contributed by atoms with van der Waals surface area (Å²) in [6.07, 6.45) is 2.98. The molecule has 0 saturated heterocycles. The van der Waals surface area contributed by atoms with E-state index in [1.807, 2.05) is 13.0 Å². The van der Waals surface area contributed by atoms with Crippen LogP contribution in [0.1, 0.15) is 30.4 Å². The molecule has 0 aliphatic heterocycles. The summed E-state index contributed by atoms with van der Waals surface area (Å²) in [7, 11) is 0. The van der Waals surface area contributed by atoms with E-state index in [9.17, 15) is 5.11 Å². The van der Waals surface area contributed by atoms with Crippen molar-refractivity contribution in [2.45, 2.75) is 38.8 Å². The Morgan fingerprint density at radius 2 is 2.24 bits per heavy atom. The summed E-state index contributed by atoms with van der Waals surface area (Å²) in [4.78, 5) is 0. The normalized spacial score (nSPS) is 24.2. The Morgan fingerprint density at radius 3 is 2.88 bits per heavy atom. The Morgan fingerprint density at radius 1 is 1.41 bits per heavy atom. The molecule has 2 N–H and O–H groups in total. The van der Waals surface area contributed by atoms with E-state index in [-0.39, 0.29) is 6.10 Å². The molecule has 94 valence electrons. The van der Waals surface area contributed by atoms with Crippen LogP contribution in [-0.4, -0.2) is 17.8 Å². The predicted molar refractivity (Wildman–Crippen MR) is 71.2 cm³/mol. The van der Waals surface area contributed by atoms with E-state index in [0.29, 0.717) is 5.92 Å². The molecular weight excluding hydrogens is 234 g/mol. The quantitative estimate of drug-likeness (QED) is 0.865. The lowest BCUT2D eigenvalue weighted by atomic mass is 10.1. The van der Waals surface area contributed by atoms with Crippen LogP contribution in [0.15, 0.2) is 18.2 Å². The zero-order valence-corrected chi connectivity index (χ0v) is 11.0. The minimum Gasteiger partial charge on any atom is -0.393 e. The summed E-state index contributed by atoms with van der Waals surface area (Å²) >= 11 is 6.08. The minimum atomic E-state index is -0.0735. The van der Waals surface area contributed by atoms with Crippen molar-refractivity contribution in [1.82, 2.24) is 5.32 Å². The Kier molecular flexibility index (Phi) is 4.43. The van der Waals surface area contributed by atoms with Gasteiger partial charge in [-0.1, -0.05) is 23.7 Å². The first-order valence-electron chi connectivity index (χ1n) is 6.29. The highest BCUT2D eigenvalue weighted by atomic mass is 35.5. The average molecular weight is 254 g/mol. The maximum atomic E-state index is 9.44. The molecule has 2 atom stereocenters. The lowest BCUT2D eigenvalue weighted by molar-refractivity contribution is 0.177. The molecule has 2 rings (SSSR count). The van der Waals surface area contributed by atoms with Crippen molar-refractivity contribution in [2.24, 2.45) is 5.92 Å². The highest BCUT2D eigenvalue weighted by molar-refractivity contribution is 6.31. The zero-order chi connectivity index (χ0) is 12.3. The molecule has 0 amide bonds. The van der Waals surface area contributed by atoms with E-state index in [1.165, 1.54) is 5.56 Å². The van der Waals surface area contributed by atoms with Crippen molar-refractivity contribution in [3.63, 3.8) is 0 Å². The molecule has 1 aliphatic rings. The summed E-state index contributed by atoms with van der Waals surface area (Å²) in [5.74, 6) is 0.630. The van der Waals surface area contributed by atoms with E-state index >= 15 is 0 Å². The van der Waals surface area contributed by atoms with Gasteiger partial charge in [0.1, 0.15) is 0 Å². The van der Waals surface area contributed by atoms with E-state index in [0.717, 1.165) is 42.9 Å². The van der Waals surface area contributed by atoms with Crippen LogP contribution in [0.3, 0.4) is 0 Å². The lowest BCUT2D eigenvalue weighted by Gasteiger charge is -2.11. The van der Waals surface area contributed by atoms with Gasteiger partial charge in [0.05, 0.1) is 6.10 Å². The molecule has 17 heavy (non-hydrogen) atoms. The van der Waals surface area contributed by atoms with Crippen LogP contribution in [0.2, 0.25) is 5.02 Å². The highest BCUT2D eigenvalue weighted by Gasteiger charge is 2.21. The number of benzene rings is 1. The molecule has 1 saturated carbocycles. The third kappa shape index (κ3) is 3.70. The monoisotopic (exact) mass is 253 g/mol. The van der Waals surface area contributed by atoms with Gasteiger partial charge >= 0.3 is 0 Å². The standard InChI is InChI=1S/C14H20ClNO/c1-10-2-3-12(7-14(10)15)9-16-8-11-4-5-13(17)6-11/h2-3,7,11,13,16-17H,4-6,8-9H2,1H3/t11-,13+/m0/s1. The number of halogens is 1. The van der Waals surface area contributed by atoms with Crippen molar-refractivity contribution < 1.29 is 5.11 Å². The molecule has 0 radical (unpaired) electrons. The molecular formula is C14H20ClNO. The van der Waals surface area contributed by atoms with Gasteiger partial charge in [0.25, 0.3) is 0 Å². The number of aryl methyl sites for hydroxylation is 1. The lowest BCUT2D eigenvalue weighted by Crippen LogP contribution is -2.21. The molecule has 0 bridgehead atoms. The van der Waals surface area contributed by atoms with Crippen molar-refractivity contribution in [2.75, 3.05) is 6.54 Å². The fourth-order valence-corrected chi connectivity index (χ4v) is 2.60. The van der Waals surface area contributed by atoms with Crippen LogP contribution in [0.25, 0.3) is 0 Å². The van der Waals surface area contributed by atoms with Crippen molar-refractivity contribution >= 4 is 11.6 Å². The first-order valence-corrected chi connectivity index (χ1v) is 6.67. The number of hydrogen-bond acceptors (Lipinski definition) is 2. The van der Waals surface area contributed by atoms with Gasteiger partial charge in [-0.3, -0.25) is 0 Å². The molecule has 1 aliphatic carbocycles. The Labute approximate surface area is 108 Å². The Bertz CT molecular complexity index is 380. The molecule has 0 heterocycles.